The molecule has 0 bridgehead atoms. The normalized spacial score (nSPS) is 11.7. The Balaban J connectivity index is 1.67. The van der Waals surface area contributed by atoms with Gasteiger partial charge in [-0.3, -0.25) is 4.57 Å². The molecule has 148 valence electrons. The SMILES string of the molecule is COCc1nnc2n1Cc1c(C#Cc3ccc(O)nc3)ncn1-c1ccc(Cl)cc1-2. The Morgan fingerprint density at radius 3 is 2.87 bits per heavy atom. The van der Waals surface area contributed by atoms with Crippen LogP contribution >= 0.6 is 11.6 Å². The molecule has 1 N–H and O–H groups in total. The molecule has 4 aromatic rings. The number of methoxy groups -OCH3 is 1. The van der Waals surface area contributed by atoms with Crippen molar-refractivity contribution in [2.24, 2.45) is 0 Å². The number of aromatic nitrogens is 6. The van der Waals surface area contributed by atoms with Crippen LogP contribution in [0.25, 0.3) is 17.1 Å². The summed E-state index contributed by atoms with van der Waals surface area (Å²) in [5, 5.41) is 18.6. The highest BCUT2D eigenvalue weighted by molar-refractivity contribution is 6.31. The molecule has 4 heterocycles. The number of pyridine rings is 1. The number of rotatable bonds is 2. The Labute approximate surface area is 176 Å². The summed E-state index contributed by atoms with van der Waals surface area (Å²) in [7, 11) is 1.62. The van der Waals surface area contributed by atoms with E-state index < -0.39 is 0 Å². The van der Waals surface area contributed by atoms with Crippen LogP contribution in [0.1, 0.15) is 22.8 Å². The van der Waals surface area contributed by atoms with E-state index in [1.807, 2.05) is 27.3 Å². The molecule has 30 heavy (non-hydrogen) atoms. The summed E-state index contributed by atoms with van der Waals surface area (Å²) >= 11 is 6.27. The van der Waals surface area contributed by atoms with Crippen LogP contribution in [0.4, 0.5) is 0 Å². The van der Waals surface area contributed by atoms with Gasteiger partial charge in [-0.25, -0.2) is 9.97 Å². The summed E-state index contributed by atoms with van der Waals surface area (Å²) in [6.07, 6.45) is 3.26. The second kappa shape index (κ2) is 7.30. The molecule has 1 aliphatic heterocycles. The van der Waals surface area contributed by atoms with Crippen LogP contribution in [0.2, 0.25) is 5.02 Å². The number of imidazole rings is 1. The van der Waals surface area contributed by atoms with Gasteiger partial charge in [-0.05, 0) is 30.2 Å². The van der Waals surface area contributed by atoms with Crippen molar-refractivity contribution in [2.75, 3.05) is 7.11 Å². The van der Waals surface area contributed by atoms with Crippen LogP contribution in [0.3, 0.4) is 0 Å². The fraction of sp³-hybridized carbons (Fsp3) is 0.143. The van der Waals surface area contributed by atoms with E-state index in [-0.39, 0.29) is 5.88 Å². The van der Waals surface area contributed by atoms with Gasteiger partial charge in [0.15, 0.2) is 11.6 Å². The minimum atomic E-state index is -0.0440. The maximum Gasteiger partial charge on any atom is 0.210 e. The maximum absolute atomic E-state index is 9.34. The van der Waals surface area contributed by atoms with Gasteiger partial charge in [-0.15, -0.1) is 10.2 Å². The summed E-state index contributed by atoms with van der Waals surface area (Å²) < 4.78 is 9.28. The zero-order valence-corrected chi connectivity index (χ0v) is 16.6. The smallest absolute Gasteiger partial charge is 0.210 e. The van der Waals surface area contributed by atoms with Crippen LogP contribution in [0, 0.1) is 11.8 Å². The predicted octanol–water partition coefficient (Wildman–Crippen LogP) is 2.79. The molecule has 5 rings (SSSR count). The zero-order chi connectivity index (χ0) is 20.7. The van der Waals surface area contributed by atoms with Crippen LogP contribution in [-0.4, -0.2) is 41.5 Å². The first-order chi connectivity index (χ1) is 14.6. The minimum Gasteiger partial charge on any atom is -0.493 e. The van der Waals surface area contributed by atoms with Crippen LogP contribution in [-0.2, 0) is 17.9 Å². The number of nitrogens with zero attached hydrogens (tertiary/aromatic N) is 6. The topological polar surface area (TPSA) is 90.9 Å². The number of ether oxygens (including phenoxy) is 1. The third-order valence-electron chi connectivity index (χ3n) is 4.81. The van der Waals surface area contributed by atoms with Gasteiger partial charge in [0.25, 0.3) is 0 Å². The van der Waals surface area contributed by atoms with Crippen molar-refractivity contribution in [2.45, 2.75) is 13.2 Å². The summed E-state index contributed by atoms with van der Waals surface area (Å²) in [6.45, 7) is 0.808. The maximum atomic E-state index is 9.34. The van der Waals surface area contributed by atoms with E-state index in [2.05, 4.69) is 32.0 Å². The molecule has 1 aliphatic rings. The van der Waals surface area contributed by atoms with Gasteiger partial charge >= 0.3 is 0 Å². The number of hydrogen-bond donors (Lipinski definition) is 1. The van der Waals surface area contributed by atoms with Gasteiger partial charge in [-0.2, -0.15) is 0 Å². The lowest BCUT2D eigenvalue weighted by Crippen LogP contribution is -2.09. The first-order valence-electron chi connectivity index (χ1n) is 9.08. The Bertz CT molecular complexity index is 1310. The molecule has 0 atom stereocenters. The van der Waals surface area contributed by atoms with Crippen LogP contribution < -0.4 is 0 Å². The fourth-order valence-corrected chi connectivity index (χ4v) is 3.58. The van der Waals surface area contributed by atoms with Crippen LogP contribution in [0.15, 0.2) is 42.9 Å². The molecule has 9 heteroatoms. The number of aromatic hydroxyl groups is 1. The number of fused-ring (bicyclic) bond motifs is 5. The van der Waals surface area contributed by atoms with E-state index in [4.69, 9.17) is 16.3 Å². The molecule has 1 aromatic carbocycles. The van der Waals surface area contributed by atoms with Gasteiger partial charge in [0.1, 0.15) is 18.6 Å². The Morgan fingerprint density at radius 2 is 2.07 bits per heavy atom. The highest BCUT2D eigenvalue weighted by Gasteiger charge is 2.25. The van der Waals surface area contributed by atoms with Crippen molar-refractivity contribution >= 4 is 11.6 Å². The zero-order valence-electron chi connectivity index (χ0n) is 15.9. The highest BCUT2D eigenvalue weighted by Crippen LogP contribution is 2.34. The number of halogens is 1. The summed E-state index contributed by atoms with van der Waals surface area (Å²) in [5.74, 6) is 7.54. The summed E-state index contributed by atoms with van der Waals surface area (Å²) in [4.78, 5) is 8.38. The Morgan fingerprint density at radius 1 is 1.17 bits per heavy atom. The minimum absolute atomic E-state index is 0.0440. The summed E-state index contributed by atoms with van der Waals surface area (Å²) in [6, 6.07) is 8.84. The first kappa shape index (κ1) is 18.4. The summed E-state index contributed by atoms with van der Waals surface area (Å²) in [5.41, 5.74) is 3.97. The Kier molecular flexibility index (Phi) is 4.47. The molecule has 0 saturated heterocycles. The van der Waals surface area contributed by atoms with Gasteiger partial charge in [0.05, 0.1) is 17.9 Å². The lowest BCUT2D eigenvalue weighted by atomic mass is 10.1. The number of hydrogen-bond acceptors (Lipinski definition) is 6. The van der Waals surface area contributed by atoms with E-state index in [1.165, 1.54) is 12.3 Å². The molecule has 0 spiro atoms. The molecule has 0 amide bonds. The number of benzene rings is 1. The molecule has 0 saturated carbocycles. The molecule has 3 aromatic heterocycles. The van der Waals surface area contributed by atoms with Gasteiger partial charge in [-0.1, -0.05) is 17.5 Å². The lowest BCUT2D eigenvalue weighted by Gasteiger charge is -2.08. The van der Waals surface area contributed by atoms with Crippen molar-refractivity contribution < 1.29 is 9.84 Å². The molecular formula is C21H15ClN6O2. The molecule has 0 aliphatic carbocycles. The monoisotopic (exact) mass is 418 g/mol. The van der Waals surface area contributed by atoms with Crippen LogP contribution in [0.5, 0.6) is 5.88 Å². The van der Waals surface area contributed by atoms with Gasteiger partial charge in [0.2, 0.25) is 5.88 Å². The average molecular weight is 419 g/mol. The standard InChI is InChI=1S/C21H15ClN6O2/c1-30-11-19-25-26-21-15-8-14(22)4-6-17(15)28-12-24-16(18(28)10-27(19)21)5-2-13-3-7-20(29)23-9-13/h3-4,6-9,12H,10-11H2,1H3,(H,23,29). The molecule has 0 fully saturated rings. The van der Waals surface area contributed by atoms with Crippen molar-refractivity contribution in [1.82, 2.24) is 29.3 Å². The highest BCUT2D eigenvalue weighted by atomic mass is 35.5. The third kappa shape index (κ3) is 3.10. The first-order valence-corrected chi connectivity index (χ1v) is 9.46. The second-order valence-electron chi connectivity index (χ2n) is 6.69. The van der Waals surface area contributed by atoms with E-state index in [9.17, 15) is 5.11 Å². The lowest BCUT2D eigenvalue weighted by molar-refractivity contribution is 0.174. The van der Waals surface area contributed by atoms with E-state index in [0.29, 0.717) is 41.1 Å². The van der Waals surface area contributed by atoms with Gasteiger partial charge in [0, 0.05) is 35.5 Å². The molecule has 0 unspecified atom stereocenters. The van der Waals surface area contributed by atoms with E-state index >= 15 is 0 Å². The van der Waals surface area contributed by atoms with Crippen molar-refractivity contribution in [3.63, 3.8) is 0 Å². The average Bonchev–Trinajstić information content (AvgIpc) is 3.29. The van der Waals surface area contributed by atoms with Crippen molar-refractivity contribution in [3.05, 3.63) is 70.7 Å². The molecule has 8 nitrogen and oxygen atoms in total. The fourth-order valence-electron chi connectivity index (χ4n) is 3.41. The van der Waals surface area contributed by atoms with Gasteiger partial charge < -0.3 is 14.4 Å². The largest absolute Gasteiger partial charge is 0.493 e. The predicted molar refractivity (Wildman–Crippen MR) is 109 cm³/mol. The van der Waals surface area contributed by atoms with E-state index in [0.717, 1.165) is 16.9 Å². The third-order valence-corrected chi connectivity index (χ3v) is 5.04. The van der Waals surface area contributed by atoms with E-state index in [1.54, 1.807) is 19.5 Å². The van der Waals surface area contributed by atoms with Crippen molar-refractivity contribution in [3.8, 4) is 34.8 Å². The Hall–Kier alpha value is -3.67. The molecular weight excluding hydrogens is 404 g/mol. The second-order valence-corrected chi connectivity index (χ2v) is 7.12. The van der Waals surface area contributed by atoms with Crippen molar-refractivity contribution in [1.29, 1.82) is 0 Å². The quantitative estimate of drug-likeness (QED) is 0.443. The molecule has 0 radical (unpaired) electrons.